The third-order valence-electron chi connectivity index (χ3n) is 2.88. The van der Waals surface area contributed by atoms with Gasteiger partial charge in [0.15, 0.2) is 11.5 Å². The lowest BCUT2D eigenvalue weighted by atomic mass is 10.0. The molecule has 1 aromatic carbocycles. The van der Waals surface area contributed by atoms with Crippen LogP contribution >= 0.6 is 0 Å². The number of aromatic amines is 1. The highest BCUT2D eigenvalue weighted by molar-refractivity contribution is 6.03. The fraction of sp³-hybridized carbons (Fsp3) is 0.0833. The number of ether oxygens (including phenoxy) is 2. The highest BCUT2D eigenvalue weighted by atomic mass is 16.7. The maximum absolute atomic E-state index is 11.4. The molecule has 1 aromatic heterocycles. The van der Waals surface area contributed by atoms with Crippen LogP contribution in [-0.2, 0) is 0 Å². The molecule has 3 rings (SSSR count). The molecule has 20 heavy (non-hydrogen) atoms. The van der Waals surface area contributed by atoms with Crippen molar-refractivity contribution < 1.29 is 24.2 Å². The van der Waals surface area contributed by atoms with E-state index in [4.69, 9.17) is 15.2 Å². The van der Waals surface area contributed by atoms with Crippen molar-refractivity contribution in [2.24, 2.45) is 5.73 Å². The first kappa shape index (κ1) is 12.0. The number of carboxylic acid groups (broad SMARTS) is 1. The van der Waals surface area contributed by atoms with Gasteiger partial charge < -0.3 is 30.1 Å². The molecule has 2 aromatic rings. The van der Waals surface area contributed by atoms with Gasteiger partial charge in [0.05, 0.1) is 17.9 Å². The van der Waals surface area contributed by atoms with Gasteiger partial charge in [-0.3, -0.25) is 4.79 Å². The number of hydrogen-bond donors (Lipinski definition) is 2. The largest absolute Gasteiger partial charge is 0.545 e. The van der Waals surface area contributed by atoms with Crippen molar-refractivity contribution in [2.45, 2.75) is 0 Å². The topological polar surface area (TPSA) is 130 Å². The van der Waals surface area contributed by atoms with Crippen LogP contribution in [0.15, 0.2) is 18.5 Å². The number of carbonyl (C=O) groups excluding carboxylic acids is 2. The van der Waals surface area contributed by atoms with Crippen LogP contribution in [0.4, 0.5) is 0 Å². The summed E-state index contributed by atoms with van der Waals surface area (Å²) in [6, 6.07) is 2.76. The van der Waals surface area contributed by atoms with Gasteiger partial charge in [-0.05, 0) is 12.1 Å². The minimum absolute atomic E-state index is 0.0172. The molecule has 0 atom stereocenters. The van der Waals surface area contributed by atoms with Crippen LogP contribution < -0.4 is 20.3 Å². The first-order valence-electron chi connectivity index (χ1n) is 5.57. The Morgan fingerprint density at radius 1 is 1.35 bits per heavy atom. The Balaban J connectivity index is 2.31. The van der Waals surface area contributed by atoms with E-state index in [1.165, 1.54) is 18.5 Å². The predicted octanol–water partition coefficient (Wildman–Crippen LogP) is -0.732. The lowest BCUT2D eigenvalue weighted by Gasteiger charge is -2.12. The molecule has 2 heterocycles. The number of benzene rings is 1. The zero-order valence-corrected chi connectivity index (χ0v) is 10.0. The van der Waals surface area contributed by atoms with E-state index in [-0.39, 0.29) is 35.1 Å². The Morgan fingerprint density at radius 3 is 2.85 bits per heavy atom. The van der Waals surface area contributed by atoms with Gasteiger partial charge in [0, 0.05) is 5.56 Å². The molecule has 0 fully saturated rings. The number of nitrogens with two attached hydrogens (primary N) is 1. The molecule has 102 valence electrons. The molecule has 0 bridgehead atoms. The molecular formula is C12H8N3O5-. The van der Waals surface area contributed by atoms with Crippen molar-refractivity contribution >= 4 is 11.9 Å². The Bertz CT molecular complexity index is 722. The fourth-order valence-electron chi connectivity index (χ4n) is 2.05. The average molecular weight is 274 g/mol. The van der Waals surface area contributed by atoms with Crippen LogP contribution in [0.2, 0.25) is 0 Å². The summed E-state index contributed by atoms with van der Waals surface area (Å²) in [6.45, 7) is -0.0465. The highest BCUT2D eigenvalue weighted by Crippen LogP contribution is 2.43. The van der Waals surface area contributed by atoms with Crippen molar-refractivity contribution in [3.63, 3.8) is 0 Å². The SMILES string of the molecule is NC(=O)c1[nH]cnc1-c1c(C(=O)[O-])ccc2c1OCO2. The second-order valence-corrected chi connectivity index (χ2v) is 4.00. The highest BCUT2D eigenvalue weighted by Gasteiger charge is 2.26. The van der Waals surface area contributed by atoms with E-state index in [1.54, 1.807) is 0 Å². The number of nitrogens with one attached hydrogen (secondary N) is 1. The second kappa shape index (κ2) is 4.26. The summed E-state index contributed by atoms with van der Waals surface area (Å²) in [6.07, 6.45) is 1.24. The number of nitrogens with zero attached hydrogens (tertiary/aromatic N) is 1. The van der Waals surface area contributed by atoms with Crippen LogP contribution in [0.25, 0.3) is 11.3 Å². The van der Waals surface area contributed by atoms with Crippen molar-refractivity contribution in [3.8, 4) is 22.8 Å². The molecule has 8 heteroatoms. The molecule has 0 radical (unpaired) electrons. The van der Waals surface area contributed by atoms with Gasteiger partial charge in [0.1, 0.15) is 11.4 Å². The summed E-state index contributed by atoms with van der Waals surface area (Å²) >= 11 is 0. The average Bonchev–Trinajstić information content (AvgIpc) is 3.05. The number of carbonyl (C=O) groups is 2. The summed E-state index contributed by atoms with van der Waals surface area (Å²) < 4.78 is 10.4. The van der Waals surface area contributed by atoms with Crippen LogP contribution in [-0.4, -0.2) is 28.6 Å². The Kier molecular flexibility index (Phi) is 2.56. The van der Waals surface area contributed by atoms with E-state index in [0.29, 0.717) is 5.75 Å². The van der Waals surface area contributed by atoms with E-state index in [1.807, 2.05) is 0 Å². The van der Waals surface area contributed by atoms with Crippen molar-refractivity contribution in [2.75, 3.05) is 6.79 Å². The number of hydrogen-bond acceptors (Lipinski definition) is 6. The number of imidazole rings is 1. The molecule has 1 aliphatic rings. The van der Waals surface area contributed by atoms with Gasteiger partial charge in [0.25, 0.3) is 5.91 Å². The van der Waals surface area contributed by atoms with Gasteiger partial charge in [-0.2, -0.15) is 0 Å². The molecule has 1 aliphatic heterocycles. The normalized spacial score (nSPS) is 12.4. The molecule has 3 N–H and O–H groups in total. The fourth-order valence-corrected chi connectivity index (χ4v) is 2.05. The molecule has 0 saturated carbocycles. The smallest absolute Gasteiger partial charge is 0.267 e. The van der Waals surface area contributed by atoms with Crippen LogP contribution in [0, 0.1) is 0 Å². The summed E-state index contributed by atoms with van der Waals surface area (Å²) in [4.78, 5) is 29.1. The number of primary amides is 1. The number of amides is 1. The van der Waals surface area contributed by atoms with E-state index in [0.717, 1.165) is 0 Å². The molecule has 1 amide bonds. The molecule has 0 saturated heterocycles. The number of aromatic nitrogens is 2. The van der Waals surface area contributed by atoms with Crippen molar-refractivity contribution in [1.82, 2.24) is 9.97 Å². The molecule has 0 aliphatic carbocycles. The van der Waals surface area contributed by atoms with Gasteiger partial charge >= 0.3 is 0 Å². The number of carboxylic acids is 1. The van der Waals surface area contributed by atoms with Crippen molar-refractivity contribution in [3.05, 3.63) is 29.7 Å². The van der Waals surface area contributed by atoms with Crippen LogP contribution in [0.3, 0.4) is 0 Å². The van der Waals surface area contributed by atoms with Crippen LogP contribution in [0.1, 0.15) is 20.8 Å². The minimum Gasteiger partial charge on any atom is -0.545 e. The third kappa shape index (κ3) is 1.66. The van der Waals surface area contributed by atoms with Crippen LogP contribution in [0.5, 0.6) is 11.5 Å². The summed E-state index contributed by atoms with van der Waals surface area (Å²) in [5.74, 6) is -1.63. The Hall–Kier alpha value is -3.03. The number of rotatable bonds is 3. The monoisotopic (exact) mass is 274 g/mol. The minimum atomic E-state index is -1.42. The third-order valence-corrected chi connectivity index (χ3v) is 2.88. The van der Waals surface area contributed by atoms with Gasteiger partial charge in [0.2, 0.25) is 6.79 Å². The first-order valence-corrected chi connectivity index (χ1v) is 5.57. The Labute approximate surface area is 112 Å². The zero-order chi connectivity index (χ0) is 14.3. The second-order valence-electron chi connectivity index (χ2n) is 4.00. The quantitative estimate of drug-likeness (QED) is 0.758. The molecule has 0 spiro atoms. The molecule has 0 unspecified atom stereocenters. The number of H-pyrrole nitrogens is 1. The van der Waals surface area contributed by atoms with Gasteiger partial charge in [-0.25, -0.2) is 4.98 Å². The number of aromatic carboxylic acids is 1. The zero-order valence-electron chi connectivity index (χ0n) is 10.0. The standard InChI is InChI=1S/C12H9N3O5/c13-11(16)9-8(14-3-15-9)7-5(12(17)18)1-2-6-10(7)20-4-19-6/h1-3H,4H2,(H2,13,16)(H,14,15)(H,17,18)/p-1. The van der Waals surface area contributed by atoms with Crippen molar-refractivity contribution in [1.29, 1.82) is 0 Å². The predicted molar refractivity (Wildman–Crippen MR) is 63.0 cm³/mol. The van der Waals surface area contributed by atoms with E-state index in [2.05, 4.69) is 9.97 Å². The Morgan fingerprint density at radius 2 is 2.15 bits per heavy atom. The lowest BCUT2D eigenvalue weighted by Crippen LogP contribution is -2.23. The first-order chi connectivity index (χ1) is 9.59. The van der Waals surface area contributed by atoms with E-state index in [9.17, 15) is 14.7 Å². The summed E-state index contributed by atoms with van der Waals surface area (Å²) in [5, 5.41) is 11.2. The summed E-state index contributed by atoms with van der Waals surface area (Å²) in [5.41, 5.74) is 5.23. The maximum atomic E-state index is 11.4. The van der Waals surface area contributed by atoms with Gasteiger partial charge in [-0.15, -0.1) is 0 Å². The van der Waals surface area contributed by atoms with E-state index >= 15 is 0 Å². The maximum Gasteiger partial charge on any atom is 0.267 e. The van der Waals surface area contributed by atoms with E-state index < -0.39 is 11.9 Å². The lowest BCUT2D eigenvalue weighted by molar-refractivity contribution is -0.254. The number of fused-ring (bicyclic) bond motifs is 1. The molecular weight excluding hydrogens is 266 g/mol. The van der Waals surface area contributed by atoms with Gasteiger partial charge in [-0.1, -0.05) is 0 Å². The summed E-state index contributed by atoms with van der Waals surface area (Å²) in [7, 11) is 0. The molecule has 8 nitrogen and oxygen atoms in total.